The number of nitrogens with zero attached hydrogens (tertiary/aromatic N) is 1. The molecule has 1 aromatic carbocycles. The molecule has 2 heterocycles. The molecule has 1 fully saturated rings. The van der Waals surface area contributed by atoms with Gasteiger partial charge in [-0.15, -0.1) is 0 Å². The van der Waals surface area contributed by atoms with E-state index in [1.54, 1.807) is 18.0 Å². The Labute approximate surface area is 162 Å². The maximum absolute atomic E-state index is 12.5. The second kappa shape index (κ2) is 9.01. The highest BCUT2D eigenvalue weighted by Crippen LogP contribution is 2.24. The number of hydrogen-bond donors (Lipinski definition) is 3. The van der Waals surface area contributed by atoms with Crippen LogP contribution in [0.15, 0.2) is 53.1 Å². The Balaban J connectivity index is 1.50. The summed E-state index contributed by atoms with van der Waals surface area (Å²) >= 11 is 0. The van der Waals surface area contributed by atoms with E-state index in [1.807, 2.05) is 30.3 Å². The van der Waals surface area contributed by atoms with E-state index in [9.17, 15) is 19.8 Å². The highest BCUT2D eigenvalue weighted by molar-refractivity contribution is 5.91. The number of furan rings is 1. The first-order chi connectivity index (χ1) is 13.5. The maximum Gasteiger partial charge on any atom is 0.287 e. The Morgan fingerprint density at radius 3 is 2.46 bits per heavy atom. The van der Waals surface area contributed by atoms with Crippen molar-refractivity contribution in [2.24, 2.45) is 0 Å². The zero-order valence-corrected chi connectivity index (χ0v) is 15.5. The van der Waals surface area contributed by atoms with Crippen LogP contribution in [0.25, 0.3) is 0 Å². The fraction of sp³-hybridized carbons (Fsp3) is 0.400. The fourth-order valence-electron chi connectivity index (χ4n) is 3.12. The van der Waals surface area contributed by atoms with E-state index in [0.29, 0.717) is 6.54 Å². The zero-order chi connectivity index (χ0) is 20.1. The first kappa shape index (κ1) is 20.1. The first-order valence-electron chi connectivity index (χ1n) is 9.07. The van der Waals surface area contributed by atoms with Crippen molar-refractivity contribution >= 4 is 11.8 Å². The van der Waals surface area contributed by atoms with Gasteiger partial charge >= 0.3 is 0 Å². The van der Waals surface area contributed by atoms with Crippen molar-refractivity contribution in [3.05, 3.63) is 60.1 Å². The van der Waals surface area contributed by atoms with Crippen LogP contribution >= 0.6 is 0 Å². The third-order valence-corrected chi connectivity index (χ3v) is 4.73. The van der Waals surface area contributed by atoms with Crippen molar-refractivity contribution in [3.8, 4) is 0 Å². The second-order valence-corrected chi connectivity index (χ2v) is 6.82. The van der Waals surface area contributed by atoms with Crippen LogP contribution in [0.2, 0.25) is 0 Å². The lowest BCUT2D eigenvalue weighted by atomic mass is 10.0. The molecule has 1 aliphatic heterocycles. The summed E-state index contributed by atoms with van der Waals surface area (Å²) in [7, 11) is 1.67. The molecule has 8 heteroatoms. The average molecular weight is 388 g/mol. The van der Waals surface area contributed by atoms with Crippen molar-refractivity contribution in [2.45, 2.75) is 37.4 Å². The fourth-order valence-corrected chi connectivity index (χ4v) is 3.12. The Kier molecular flexibility index (Phi) is 6.45. The van der Waals surface area contributed by atoms with Gasteiger partial charge in [0.15, 0.2) is 5.76 Å². The lowest BCUT2D eigenvalue weighted by Crippen LogP contribution is -2.40. The van der Waals surface area contributed by atoms with Crippen molar-refractivity contribution in [3.63, 3.8) is 0 Å². The molecule has 0 bridgehead atoms. The van der Waals surface area contributed by atoms with Crippen molar-refractivity contribution in [1.29, 1.82) is 0 Å². The predicted molar refractivity (Wildman–Crippen MR) is 99.2 cm³/mol. The summed E-state index contributed by atoms with van der Waals surface area (Å²) in [6.45, 7) is 0.427. The minimum absolute atomic E-state index is 0.0116. The van der Waals surface area contributed by atoms with Gasteiger partial charge in [-0.25, -0.2) is 0 Å². The molecule has 1 saturated heterocycles. The molecule has 4 atom stereocenters. The molecule has 1 aliphatic rings. The van der Waals surface area contributed by atoms with E-state index in [2.05, 4.69) is 5.32 Å². The van der Waals surface area contributed by atoms with E-state index in [-0.39, 0.29) is 24.6 Å². The summed E-state index contributed by atoms with van der Waals surface area (Å²) in [6, 6.07) is 12.6. The number of ether oxygens (including phenoxy) is 1. The molecule has 28 heavy (non-hydrogen) atoms. The van der Waals surface area contributed by atoms with Gasteiger partial charge in [0.1, 0.15) is 18.3 Å². The van der Waals surface area contributed by atoms with Gasteiger partial charge in [0.25, 0.3) is 5.91 Å². The largest absolute Gasteiger partial charge is 0.459 e. The summed E-state index contributed by atoms with van der Waals surface area (Å²) in [5.74, 6) is -0.514. The summed E-state index contributed by atoms with van der Waals surface area (Å²) in [5, 5.41) is 23.0. The lowest BCUT2D eigenvalue weighted by Gasteiger charge is -2.21. The van der Waals surface area contributed by atoms with Crippen LogP contribution in [0.4, 0.5) is 0 Å². The van der Waals surface area contributed by atoms with Crippen LogP contribution in [-0.2, 0) is 16.1 Å². The van der Waals surface area contributed by atoms with Gasteiger partial charge in [0, 0.05) is 20.1 Å². The molecule has 3 rings (SSSR count). The number of aliphatic hydroxyl groups is 2. The molecule has 2 amide bonds. The molecular weight excluding hydrogens is 364 g/mol. The highest BCUT2D eigenvalue weighted by atomic mass is 16.5. The van der Waals surface area contributed by atoms with Crippen LogP contribution < -0.4 is 5.32 Å². The number of carbonyl (C=O) groups excluding carboxylic acids is 2. The summed E-state index contributed by atoms with van der Waals surface area (Å²) in [6.07, 6.45) is -2.75. The molecule has 0 spiro atoms. The average Bonchev–Trinajstić information content (AvgIpc) is 3.32. The minimum Gasteiger partial charge on any atom is -0.459 e. The van der Waals surface area contributed by atoms with Gasteiger partial charge in [-0.3, -0.25) is 9.59 Å². The van der Waals surface area contributed by atoms with E-state index in [0.717, 1.165) is 5.56 Å². The highest BCUT2D eigenvalue weighted by Gasteiger charge is 2.43. The molecule has 0 radical (unpaired) electrons. The SMILES string of the molecule is CN(Cc1ccccc1)C(=O)CC1OC(CNC(=O)c2ccco2)C(O)C1O. The normalized spacial score (nSPS) is 24.1. The van der Waals surface area contributed by atoms with E-state index in [1.165, 1.54) is 12.3 Å². The molecule has 3 N–H and O–H groups in total. The van der Waals surface area contributed by atoms with Gasteiger partial charge in [0.05, 0.1) is 18.8 Å². The molecule has 8 nitrogen and oxygen atoms in total. The van der Waals surface area contributed by atoms with Crippen molar-refractivity contribution in [2.75, 3.05) is 13.6 Å². The van der Waals surface area contributed by atoms with Crippen LogP contribution in [0.1, 0.15) is 22.5 Å². The molecule has 0 aliphatic carbocycles. The minimum atomic E-state index is -1.21. The Hall–Kier alpha value is -2.68. The number of benzene rings is 1. The second-order valence-electron chi connectivity index (χ2n) is 6.82. The van der Waals surface area contributed by atoms with E-state index < -0.39 is 30.3 Å². The zero-order valence-electron chi connectivity index (χ0n) is 15.5. The Morgan fingerprint density at radius 1 is 1.07 bits per heavy atom. The van der Waals surface area contributed by atoms with Gasteiger partial charge in [-0.2, -0.15) is 0 Å². The monoisotopic (exact) mass is 388 g/mol. The number of aliphatic hydroxyl groups excluding tert-OH is 2. The first-order valence-corrected chi connectivity index (χ1v) is 9.07. The lowest BCUT2D eigenvalue weighted by molar-refractivity contribution is -0.134. The topological polar surface area (TPSA) is 112 Å². The third-order valence-electron chi connectivity index (χ3n) is 4.73. The Morgan fingerprint density at radius 2 is 1.79 bits per heavy atom. The van der Waals surface area contributed by atoms with E-state index in [4.69, 9.17) is 9.15 Å². The molecule has 1 aromatic heterocycles. The number of carbonyl (C=O) groups is 2. The number of hydrogen-bond acceptors (Lipinski definition) is 6. The van der Waals surface area contributed by atoms with Crippen LogP contribution in [0, 0.1) is 0 Å². The molecule has 2 aromatic rings. The molecule has 0 saturated carbocycles. The summed E-state index contributed by atoms with van der Waals surface area (Å²) < 4.78 is 10.6. The molecule has 4 unspecified atom stereocenters. The number of nitrogens with one attached hydrogen (secondary N) is 1. The van der Waals surface area contributed by atoms with E-state index >= 15 is 0 Å². The number of rotatable bonds is 7. The number of amides is 2. The van der Waals surface area contributed by atoms with Gasteiger partial charge in [0.2, 0.25) is 5.91 Å². The van der Waals surface area contributed by atoms with Gasteiger partial charge in [-0.05, 0) is 17.7 Å². The van der Waals surface area contributed by atoms with Gasteiger partial charge < -0.3 is 29.6 Å². The Bertz CT molecular complexity index is 779. The predicted octanol–water partition coefficient (Wildman–Crippen LogP) is 0.547. The van der Waals surface area contributed by atoms with Crippen molar-refractivity contribution < 1.29 is 29.0 Å². The molecule has 150 valence electrons. The summed E-state index contributed by atoms with van der Waals surface area (Å²) in [4.78, 5) is 25.9. The standard InChI is InChI=1S/C20H24N2O6/c1-22(12-13-6-3-2-4-7-13)17(23)10-15-18(24)19(25)16(28-15)11-21-20(26)14-8-5-9-27-14/h2-9,15-16,18-19,24-25H,10-12H2,1H3,(H,21,26). The molecular formula is C20H24N2O6. The van der Waals surface area contributed by atoms with Crippen LogP contribution in [-0.4, -0.2) is 64.9 Å². The van der Waals surface area contributed by atoms with Gasteiger partial charge in [-0.1, -0.05) is 30.3 Å². The van der Waals surface area contributed by atoms with Crippen molar-refractivity contribution in [1.82, 2.24) is 10.2 Å². The third kappa shape index (κ3) is 4.78. The van der Waals surface area contributed by atoms with Crippen LogP contribution in [0.5, 0.6) is 0 Å². The van der Waals surface area contributed by atoms with Crippen LogP contribution in [0.3, 0.4) is 0 Å². The maximum atomic E-state index is 12.5. The smallest absolute Gasteiger partial charge is 0.287 e. The summed E-state index contributed by atoms with van der Waals surface area (Å²) in [5.41, 5.74) is 0.991. The quantitative estimate of drug-likeness (QED) is 0.639.